The molecule has 2 unspecified atom stereocenters. The smallest absolute Gasteiger partial charge is 0.375 e. The van der Waals surface area contributed by atoms with Gasteiger partial charge in [-0.1, -0.05) is 57.4 Å². The van der Waals surface area contributed by atoms with Crippen molar-refractivity contribution >= 4 is 10.4 Å². The summed E-state index contributed by atoms with van der Waals surface area (Å²) in [6.45, 7) is 6.66. The van der Waals surface area contributed by atoms with E-state index in [9.17, 15) is 13.0 Å². The number of benzene rings is 1. The molecule has 0 amide bonds. The number of hydrogen-bond donors (Lipinski definition) is 1. The van der Waals surface area contributed by atoms with Crippen molar-refractivity contribution in [2.45, 2.75) is 71.1 Å². The Bertz CT molecular complexity index is 664. The van der Waals surface area contributed by atoms with Gasteiger partial charge in [0.25, 0.3) is 0 Å². The molecule has 1 N–H and O–H groups in total. The lowest BCUT2D eigenvalue weighted by Gasteiger charge is -2.33. The molecule has 0 aliphatic carbocycles. The van der Waals surface area contributed by atoms with E-state index in [1.165, 1.54) is 11.1 Å². The predicted octanol–water partition coefficient (Wildman–Crippen LogP) is 3.61. The quantitative estimate of drug-likeness (QED) is 0.427. The number of unbranched alkanes of at least 4 members (excludes halogenated alkanes) is 3. The maximum atomic E-state index is 11.4. The molecular weight excluding hydrogens is 366 g/mol. The second-order valence-corrected chi connectivity index (χ2v) is 8.24. The van der Waals surface area contributed by atoms with Crippen LogP contribution >= 0.6 is 0 Å². The summed E-state index contributed by atoms with van der Waals surface area (Å²) in [5.74, 6) is 0. The van der Waals surface area contributed by atoms with E-state index in [2.05, 4.69) is 24.0 Å². The molecule has 1 aliphatic rings. The van der Waals surface area contributed by atoms with Crippen LogP contribution in [-0.4, -0.2) is 49.8 Å². The Balaban J connectivity index is 1.98. The minimum absolute atomic E-state index is 0.370. The number of ether oxygens (including phenoxy) is 1. The molecule has 154 valence electrons. The van der Waals surface area contributed by atoms with Crippen molar-refractivity contribution in [3.8, 4) is 0 Å². The Hall–Kier alpha value is -0.990. The van der Waals surface area contributed by atoms with Crippen LogP contribution in [0.4, 0.5) is 0 Å². The lowest BCUT2D eigenvalue weighted by molar-refractivity contribution is -0.0432. The van der Waals surface area contributed by atoms with E-state index < -0.39 is 16.5 Å². The maximum Gasteiger partial charge on any atom is 0.397 e. The molecule has 1 aliphatic heterocycles. The first kappa shape index (κ1) is 22.3. The Kier molecular flexibility index (Phi) is 9.18. The Morgan fingerprint density at radius 3 is 2.52 bits per heavy atom. The molecule has 1 aromatic rings. The normalized spacial score (nSPS) is 17.4. The van der Waals surface area contributed by atoms with E-state index in [4.69, 9.17) is 8.92 Å². The molecule has 0 aromatic heterocycles. The first-order valence-corrected chi connectivity index (χ1v) is 11.4. The molecule has 0 bridgehead atoms. The van der Waals surface area contributed by atoms with Crippen molar-refractivity contribution in [3.05, 3.63) is 35.4 Å². The molecule has 1 aromatic carbocycles. The highest BCUT2D eigenvalue weighted by atomic mass is 32.3. The van der Waals surface area contributed by atoms with E-state index in [0.29, 0.717) is 19.6 Å². The van der Waals surface area contributed by atoms with Crippen LogP contribution in [-0.2, 0) is 32.3 Å². The summed E-state index contributed by atoms with van der Waals surface area (Å²) in [4.78, 5) is 2.17. The molecule has 27 heavy (non-hydrogen) atoms. The molecule has 1 heterocycles. The van der Waals surface area contributed by atoms with Crippen molar-refractivity contribution in [3.63, 3.8) is 0 Å². The number of nitrogens with zero attached hydrogens (tertiary/aromatic N) is 1. The summed E-state index contributed by atoms with van der Waals surface area (Å²) in [5.41, 5.74) is 2.59. The van der Waals surface area contributed by atoms with E-state index in [1.807, 2.05) is 19.1 Å². The van der Waals surface area contributed by atoms with Gasteiger partial charge >= 0.3 is 10.4 Å². The van der Waals surface area contributed by atoms with Crippen LogP contribution in [0.15, 0.2) is 24.3 Å². The van der Waals surface area contributed by atoms with Crippen LogP contribution in [0.5, 0.6) is 0 Å². The standard InChI is InChI=1S/C20H33NO5S/c1-3-5-6-9-14-25-19(4-2)20(26-27(22,23)24)16-21-13-12-17-10-7-8-11-18(17)15-21/h7-8,10-11,19-20H,3-6,9,12-16H2,1-2H3,(H,22,23,24). The fourth-order valence-corrected chi connectivity index (χ4v) is 4.08. The molecule has 0 fully saturated rings. The van der Waals surface area contributed by atoms with E-state index in [1.54, 1.807) is 0 Å². The number of hydrogen-bond acceptors (Lipinski definition) is 5. The lowest BCUT2D eigenvalue weighted by Crippen LogP contribution is -2.44. The Labute approximate surface area is 163 Å². The molecular formula is C20H33NO5S. The molecule has 2 rings (SSSR count). The van der Waals surface area contributed by atoms with Crippen molar-refractivity contribution < 1.29 is 21.9 Å². The second-order valence-electron chi connectivity index (χ2n) is 7.19. The minimum atomic E-state index is -4.54. The summed E-state index contributed by atoms with van der Waals surface area (Å²) in [5, 5.41) is 0. The SMILES string of the molecule is CCCCCCOC(CC)C(CN1CCc2ccccc2C1)OS(=O)(=O)O. The van der Waals surface area contributed by atoms with Gasteiger partial charge in [0.15, 0.2) is 0 Å². The van der Waals surface area contributed by atoms with Gasteiger partial charge in [-0.15, -0.1) is 0 Å². The van der Waals surface area contributed by atoms with Gasteiger partial charge in [0, 0.05) is 26.2 Å². The van der Waals surface area contributed by atoms with Gasteiger partial charge in [-0.25, -0.2) is 4.18 Å². The maximum absolute atomic E-state index is 11.4. The van der Waals surface area contributed by atoms with Crippen molar-refractivity contribution in [2.75, 3.05) is 19.7 Å². The third kappa shape index (κ3) is 7.87. The van der Waals surface area contributed by atoms with Crippen LogP contribution < -0.4 is 0 Å². The summed E-state index contributed by atoms with van der Waals surface area (Å²) in [6, 6.07) is 8.29. The van der Waals surface area contributed by atoms with Gasteiger partial charge in [-0.3, -0.25) is 9.45 Å². The monoisotopic (exact) mass is 399 g/mol. The van der Waals surface area contributed by atoms with Gasteiger partial charge in [0.05, 0.1) is 6.10 Å². The molecule has 0 spiro atoms. The predicted molar refractivity (Wildman–Crippen MR) is 106 cm³/mol. The zero-order valence-electron chi connectivity index (χ0n) is 16.5. The van der Waals surface area contributed by atoms with Crippen molar-refractivity contribution in [1.82, 2.24) is 4.90 Å². The average molecular weight is 400 g/mol. The van der Waals surface area contributed by atoms with Crippen LogP contribution in [0.2, 0.25) is 0 Å². The minimum Gasteiger partial charge on any atom is -0.375 e. The first-order valence-electron chi connectivity index (χ1n) is 9.99. The van der Waals surface area contributed by atoms with E-state index in [-0.39, 0.29) is 6.10 Å². The number of rotatable bonds is 12. The summed E-state index contributed by atoms with van der Waals surface area (Å²) in [6.07, 6.45) is 4.81. The van der Waals surface area contributed by atoms with Gasteiger partial charge in [-0.2, -0.15) is 8.42 Å². The topological polar surface area (TPSA) is 76.1 Å². The fraction of sp³-hybridized carbons (Fsp3) is 0.700. The van der Waals surface area contributed by atoms with Crippen LogP contribution in [0, 0.1) is 0 Å². The number of fused-ring (bicyclic) bond motifs is 1. The Morgan fingerprint density at radius 1 is 1.11 bits per heavy atom. The van der Waals surface area contributed by atoms with Crippen molar-refractivity contribution in [1.29, 1.82) is 0 Å². The lowest BCUT2D eigenvalue weighted by atomic mass is 9.99. The molecule has 6 nitrogen and oxygen atoms in total. The first-order chi connectivity index (χ1) is 12.9. The fourth-order valence-electron chi connectivity index (χ4n) is 3.58. The molecule has 0 saturated heterocycles. The zero-order valence-corrected chi connectivity index (χ0v) is 17.3. The third-order valence-electron chi connectivity index (χ3n) is 5.04. The van der Waals surface area contributed by atoms with Crippen LogP contribution in [0.25, 0.3) is 0 Å². The third-order valence-corrected chi connectivity index (χ3v) is 5.53. The molecule has 7 heteroatoms. The highest BCUT2D eigenvalue weighted by Crippen LogP contribution is 2.21. The summed E-state index contributed by atoms with van der Waals surface area (Å²) >= 11 is 0. The van der Waals surface area contributed by atoms with E-state index in [0.717, 1.165) is 45.2 Å². The summed E-state index contributed by atoms with van der Waals surface area (Å²) in [7, 11) is -4.54. The van der Waals surface area contributed by atoms with Gasteiger partial charge in [-0.05, 0) is 30.4 Å². The van der Waals surface area contributed by atoms with Crippen LogP contribution in [0.1, 0.15) is 57.1 Å². The average Bonchev–Trinajstić information content (AvgIpc) is 2.63. The molecule has 0 saturated carbocycles. The van der Waals surface area contributed by atoms with Crippen LogP contribution in [0.3, 0.4) is 0 Å². The summed E-state index contributed by atoms with van der Waals surface area (Å²) < 4.78 is 42.9. The second kappa shape index (κ2) is 11.1. The molecule has 0 radical (unpaired) electrons. The van der Waals surface area contributed by atoms with Crippen molar-refractivity contribution in [2.24, 2.45) is 0 Å². The van der Waals surface area contributed by atoms with Gasteiger partial charge in [0.2, 0.25) is 0 Å². The highest BCUT2D eigenvalue weighted by Gasteiger charge is 2.30. The zero-order chi connectivity index (χ0) is 19.7. The van der Waals surface area contributed by atoms with E-state index >= 15 is 0 Å². The highest BCUT2D eigenvalue weighted by molar-refractivity contribution is 7.80. The Morgan fingerprint density at radius 2 is 1.85 bits per heavy atom. The van der Waals surface area contributed by atoms with Gasteiger partial charge in [0.1, 0.15) is 6.10 Å². The molecule has 2 atom stereocenters. The largest absolute Gasteiger partial charge is 0.397 e. The van der Waals surface area contributed by atoms with Gasteiger partial charge < -0.3 is 4.74 Å².